The van der Waals surface area contributed by atoms with E-state index < -0.39 is 17.7 Å². The molecule has 1 aliphatic rings. The van der Waals surface area contributed by atoms with Crippen LogP contribution in [0.25, 0.3) is 0 Å². The summed E-state index contributed by atoms with van der Waals surface area (Å²) in [6.07, 6.45) is -0.175. The first-order chi connectivity index (χ1) is 16.2. The lowest BCUT2D eigenvalue weighted by Crippen LogP contribution is -2.44. The number of amides is 3. The molecule has 3 N–H and O–H groups in total. The lowest BCUT2D eigenvalue weighted by Gasteiger charge is -2.30. The van der Waals surface area contributed by atoms with Gasteiger partial charge in [0.1, 0.15) is 24.0 Å². The number of carbonyl (C=O) groups excluding carboxylic acids is 2. The Morgan fingerprint density at radius 2 is 1.94 bits per heavy atom. The fourth-order valence-electron chi connectivity index (χ4n) is 3.62. The lowest BCUT2D eigenvalue weighted by molar-refractivity contribution is 0.0281. The van der Waals surface area contributed by atoms with Crippen molar-refractivity contribution in [3.8, 4) is 5.75 Å². The standard InChI is InChI=1S/C24H30F2N4O4/c1-14-11-27-15(2)13-34-21-8-6-17(10-18(21)23(31)30(3)12-22(14)33-4)28-24(32)29-20-9-16(25)5-7-19(20)26/h5-10,14-15,22,27H,11-13H2,1-4H3,(H2,28,29,32)/t14-,15-,22-/m1/s1. The van der Waals surface area contributed by atoms with Crippen molar-refractivity contribution < 1.29 is 27.8 Å². The van der Waals surface area contributed by atoms with E-state index in [1.54, 1.807) is 31.2 Å². The number of hydrogen-bond donors (Lipinski definition) is 3. The number of anilines is 2. The molecule has 0 bridgehead atoms. The molecule has 2 aromatic rings. The highest BCUT2D eigenvalue weighted by atomic mass is 19.1. The summed E-state index contributed by atoms with van der Waals surface area (Å²) in [5, 5.41) is 8.21. The van der Waals surface area contributed by atoms with Gasteiger partial charge in [0.05, 0.1) is 17.4 Å². The number of likely N-dealkylation sites (N-methyl/N-ethyl adjacent to an activating group) is 1. The van der Waals surface area contributed by atoms with Crippen molar-refractivity contribution in [3.05, 3.63) is 53.6 Å². The Hall–Kier alpha value is -3.24. The van der Waals surface area contributed by atoms with Crippen LogP contribution in [-0.4, -0.2) is 62.8 Å². The van der Waals surface area contributed by atoms with Crippen molar-refractivity contribution in [3.63, 3.8) is 0 Å². The molecular weight excluding hydrogens is 446 g/mol. The largest absolute Gasteiger partial charge is 0.491 e. The van der Waals surface area contributed by atoms with E-state index in [1.165, 1.54) is 6.07 Å². The molecular formula is C24H30F2N4O4. The van der Waals surface area contributed by atoms with Crippen LogP contribution in [0.2, 0.25) is 0 Å². The molecule has 10 heteroatoms. The van der Waals surface area contributed by atoms with Crippen molar-refractivity contribution in [2.75, 3.05) is 44.5 Å². The molecule has 3 rings (SSSR count). The number of halogens is 2. The fourth-order valence-corrected chi connectivity index (χ4v) is 3.62. The van der Waals surface area contributed by atoms with E-state index in [0.29, 0.717) is 25.4 Å². The van der Waals surface area contributed by atoms with Crippen LogP contribution in [0, 0.1) is 17.6 Å². The molecule has 0 saturated heterocycles. The third-order valence-electron chi connectivity index (χ3n) is 5.66. The fraction of sp³-hybridized carbons (Fsp3) is 0.417. The van der Waals surface area contributed by atoms with Crippen LogP contribution in [0.4, 0.5) is 25.0 Å². The Bertz CT molecular complexity index is 1040. The molecule has 8 nitrogen and oxygen atoms in total. The molecule has 1 aliphatic heterocycles. The minimum atomic E-state index is -0.787. The third-order valence-corrected chi connectivity index (χ3v) is 5.66. The highest BCUT2D eigenvalue weighted by Gasteiger charge is 2.25. The zero-order chi connectivity index (χ0) is 24.8. The molecule has 0 spiro atoms. The van der Waals surface area contributed by atoms with Gasteiger partial charge in [0.2, 0.25) is 0 Å². The first-order valence-electron chi connectivity index (χ1n) is 11.0. The van der Waals surface area contributed by atoms with Crippen LogP contribution in [0.1, 0.15) is 24.2 Å². The van der Waals surface area contributed by atoms with Gasteiger partial charge in [0, 0.05) is 45.0 Å². The summed E-state index contributed by atoms with van der Waals surface area (Å²) in [6, 6.07) is 6.65. The van der Waals surface area contributed by atoms with Crippen molar-refractivity contribution in [2.45, 2.75) is 26.0 Å². The zero-order valence-corrected chi connectivity index (χ0v) is 19.7. The Morgan fingerprint density at radius 1 is 1.18 bits per heavy atom. The quantitative estimate of drug-likeness (QED) is 0.628. The number of rotatable bonds is 3. The summed E-state index contributed by atoms with van der Waals surface area (Å²) in [4.78, 5) is 27.2. The minimum Gasteiger partial charge on any atom is -0.491 e. The van der Waals surface area contributed by atoms with Crippen LogP contribution < -0.4 is 20.7 Å². The highest BCUT2D eigenvalue weighted by molar-refractivity contribution is 6.02. The summed E-state index contributed by atoms with van der Waals surface area (Å²) in [7, 11) is 3.29. The monoisotopic (exact) mass is 476 g/mol. The molecule has 34 heavy (non-hydrogen) atoms. The van der Waals surface area contributed by atoms with Gasteiger partial charge in [-0.15, -0.1) is 0 Å². The van der Waals surface area contributed by atoms with Gasteiger partial charge in [-0.1, -0.05) is 6.92 Å². The van der Waals surface area contributed by atoms with Crippen molar-refractivity contribution >= 4 is 23.3 Å². The first-order valence-corrected chi connectivity index (χ1v) is 11.0. The summed E-state index contributed by atoms with van der Waals surface area (Å²) >= 11 is 0. The molecule has 0 saturated carbocycles. The number of benzene rings is 2. The molecule has 2 aromatic carbocycles. The van der Waals surface area contributed by atoms with Gasteiger partial charge in [0.25, 0.3) is 5.91 Å². The van der Waals surface area contributed by atoms with Crippen LogP contribution in [-0.2, 0) is 4.74 Å². The smallest absolute Gasteiger partial charge is 0.323 e. The molecule has 1 heterocycles. The van der Waals surface area contributed by atoms with Gasteiger partial charge < -0.3 is 30.3 Å². The van der Waals surface area contributed by atoms with E-state index >= 15 is 0 Å². The number of fused-ring (bicyclic) bond motifs is 1. The molecule has 3 amide bonds. The van der Waals surface area contributed by atoms with E-state index in [9.17, 15) is 18.4 Å². The predicted octanol–water partition coefficient (Wildman–Crippen LogP) is 3.70. The Morgan fingerprint density at radius 3 is 2.68 bits per heavy atom. The van der Waals surface area contributed by atoms with E-state index in [-0.39, 0.29) is 40.9 Å². The Kier molecular flexibility index (Phi) is 8.41. The number of hydrogen-bond acceptors (Lipinski definition) is 5. The summed E-state index contributed by atoms with van der Waals surface area (Å²) in [5.41, 5.74) is 0.241. The van der Waals surface area contributed by atoms with Gasteiger partial charge in [-0.05, 0) is 43.2 Å². The van der Waals surface area contributed by atoms with Gasteiger partial charge in [0.15, 0.2) is 0 Å². The van der Waals surface area contributed by atoms with Crippen molar-refractivity contribution in [1.29, 1.82) is 0 Å². The first kappa shape index (κ1) is 25.4. The maximum Gasteiger partial charge on any atom is 0.323 e. The second kappa shape index (κ2) is 11.3. The number of ether oxygens (including phenoxy) is 2. The Labute approximate surface area is 197 Å². The van der Waals surface area contributed by atoms with E-state index in [2.05, 4.69) is 22.9 Å². The number of methoxy groups -OCH3 is 1. The zero-order valence-electron chi connectivity index (χ0n) is 19.7. The van der Waals surface area contributed by atoms with Crippen LogP contribution >= 0.6 is 0 Å². The van der Waals surface area contributed by atoms with Crippen LogP contribution in [0.15, 0.2) is 36.4 Å². The van der Waals surface area contributed by atoms with Crippen molar-refractivity contribution in [2.24, 2.45) is 5.92 Å². The van der Waals surface area contributed by atoms with Crippen molar-refractivity contribution in [1.82, 2.24) is 10.2 Å². The molecule has 0 fully saturated rings. The van der Waals surface area contributed by atoms with E-state index in [0.717, 1.165) is 18.2 Å². The lowest BCUT2D eigenvalue weighted by atomic mass is 10.0. The topological polar surface area (TPSA) is 91.9 Å². The number of carbonyl (C=O) groups is 2. The third kappa shape index (κ3) is 6.42. The van der Waals surface area contributed by atoms with Gasteiger partial charge in [-0.25, -0.2) is 13.6 Å². The maximum atomic E-state index is 13.8. The average molecular weight is 477 g/mol. The predicted molar refractivity (Wildman–Crippen MR) is 125 cm³/mol. The van der Waals surface area contributed by atoms with E-state index in [4.69, 9.17) is 9.47 Å². The molecule has 0 radical (unpaired) electrons. The molecule has 0 aromatic heterocycles. The molecule has 184 valence electrons. The SMILES string of the molecule is CO[C@@H]1CN(C)C(=O)c2cc(NC(=O)Nc3cc(F)ccc3F)ccc2OC[C@@H](C)NC[C@H]1C. The summed E-state index contributed by atoms with van der Waals surface area (Å²) < 4.78 is 38.7. The second-order valence-corrected chi connectivity index (χ2v) is 8.47. The van der Waals surface area contributed by atoms with Crippen LogP contribution in [0.5, 0.6) is 5.75 Å². The number of nitrogens with zero attached hydrogens (tertiary/aromatic N) is 1. The van der Waals surface area contributed by atoms with Gasteiger partial charge in [-0.3, -0.25) is 4.79 Å². The minimum absolute atomic E-state index is 0.0322. The highest BCUT2D eigenvalue weighted by Crippen LogP contribution is 2.26. The maximum absolute atomic E-state index is 13.8. The average Bonchev–Trinajstić information content (AvgIpc) is 2.81. The molecule has 3 atom stereocenters. The van der Waals surface area contributed by atoms with Gasteiger partial charge >= 0.3 is 6.03 Å². The number of nitrogens with one attached hydrogen (secondary N) is 3. The van der Waals surface area contributed by atoms with Crippen LogP contribution in [0.3, 0.4) is 0 Å². The molecule has 0 unspecified atom stereocenters. The summed E-state index contributed by atoms with van der Waals surface area (Å²) in [6.45, 7) is 5.44. The number of urea groups is 1. The Balaban J connectivity index is 1.83. The summed E-state index contributed by atoms with van der Waals surface area (Å²) in [5.74, 6) is -1.24. The van der Waals surface area contributed by atoms with E-state index in [1.807, 2.05) is 6.92 Å². The second-order valence-electron chi connectivity index (χ2n) is 8.47. The molecule has 0 aliphatic carbocycles. The van der Waals surface area contributed by atoms with Gasteiger partial charge in [-0.2, -0.15) is 0 Å². The normalized spacial score (nSPS) is 21.5.